The molecule has 1 aliphatic rings. The average Bonchev–Trinajstić information content (AvgIpc) is 2.86. The standard InChI is InChI=1S/C15H15ClN2O3/c16-11-4-10(13-7-14(15(19)20)18-17-13)5-12(6-11)21-8-9-2-1-3-9/h4-7,9H,1-3,8H2,(H,17,18)(H,19,20). The van der Waals surface area contributed by atoms with Gasteiger partial charge in [-0.05, 0) is 43.0 Å². The van der Waals surface area contributed by atoms with E-state index >= 15 is 0 Å². The van der Waals surface area contributed by atoms with Gasteiger partial charge in [-0.25, -0.2) is 4.79 Å². The number of carboxylic acid groups (broad SMARTS) is 1. The van der Waals surface area contributed by atoms with E-state index in [0.29, 0.717) is 29.0 Å². The number of hydrogen-bond donors (Lipinski definition) is 2. The van der Waals surface area contributed by atoms with Crippen LogP contribution in [0.5, 0.6) is 5.75 Å². The van der Waals surface area contributed by atoms with E-state index in [1.165, 1.54) is 25.3 Å². The number of aromatic nitrogens is 2. The molecule has 1 heterocycles. The number of benzene rings is 1. The lowest BCUT2D eigenvalue weighted by atomic mass is 9.86. The molecule has 3 rings (SSSR count). The van der Waals surface area contributed by atoms with Crippen LogP contribution in [0.15, 0.2) is 24.3 Å². The maximum atomic E-state index is 10.9. The van der Waals surface area contributed by atoms with E-state index in [1.807, 2.05) is 6.07 Å². The number of halogens is 1. The second-order valence-corrected chi connectivity index (χ2v) is 5.69. The molecular weight excluding hydrogens is 292 g/mol. The first-order valence-electron chi connectivity index (χ1n) is 6.84. The maximum absolute atomic E-state index is 10.9. The average molecular weight is 307 g/mol. The summed E-state index contributed by atoms with van der Waals surface area (Å²) in [5.74, 6) is 0.276. The van der Waals surface area contributed by atoms with Gasteiger partial charge in [0.2, 0.25) is 0 Å². The fourth-order valence-electron chi connectivity index (χ4n) is 2.25. The molecule has 1 aromatic carbocycles. The van der Waals surface area contributed by atoms with Gasteiger partial charge in [-0.15, -0.1) is 0 Å². The predicted molar refractivity (Wildman–Crippen MR) is 78.8 cm³/mol. The Balaban J connectivity index is 1.80. The van der Waals surface area contributed by atoms with Crippen molar-refractivity contribution in [2.75, 3.05) is 6.61 Å². The van der Waals surface area contributed by atoms with E-state index in [9.17, 15) is 4.79 Å². The van der Waals surface area contributed by atoms with E-state index in [2.05, 4.69) is 10.2 Å². The summed E-state index contributed by atoms with van der Waals surface area (Å²) in [5.41, 5.74) is 1.31. The summed E-state index contributed by atoms with van der Waals surface area (Å²) in [6.07, 6.45) is 3.71. The van der Waals surface area contributed by atoms with Gasteiger partial charge in [0.15, 0.2) is 0 Å². The first kappa shape index (κ1) is 13.9. The largest absolute Gasteiger partial charge is 0.493 e. The van der Waals surface area contributed by atoms with Crippen LogP contribution in [0.4, 0.5) is 0 Å². The van der Waals surface area contributed by atoms with Crippen LogP contribution in [0.1, 0.15) is 29.8 Å². The number of aromatic carboxylic acids is 1. The van der Waals surface area contributed by atoms with Crippen molar-refractivity contribution < 1.29 is 14.6 Å². The normalized spacial score (nSPS) is 14.7. The highest BCUT2D eigenvalue weighted by molar-refractivity contribution is 6.31. The van der Waals surface area contributed by atoms with Crippen molar-refractivity contribution >= 4 is 17.6 Å². The quantitative estimate of drug-likeness (QED) is 0.885. The number of nitrogens with zero attached hydrogens (tertiary/aromatic N) is 1. The number of rotatable bonds is 5. The Labute approximate surface area is 126 Å². The highest BCUT2D eigenvalue weighted by Gasteiger charge is 2.18. The molecule has 21 heavy (non-hydrogen) atoms. The molecule has 2 N–H and O–H groups in total. The SMILES string of the molecule is O=C(O)c1cc(-c2cc(Cl)cc(OCC3CCC3)c2)n[nH]1. The zero-order valence-corrected chi connectivity index (χ0v) is 12.1. The van der Waals surface area contributed by atoms with Gasteiger partial charge in [-0.1, -0.05) is 18.0 Å². The van der Waals surface area contributed by atoms with Crippen molar-refractivity contribution in [3.8, 4) is 17.0 Å². The molecule has 1 fully saturated rings. The monoisotopic (exact) mass is 306 g/mol. The smallest absolute Gasteiger partial charge is 0.353 e. The highest BCUT2D eigenvalue weighted by atomic mass is 35.5. The molecule has 1 aliphatic carbocycles. The van der Waals surface area contributed by atoms with E-state index in [1.54, 1.807) is 12.1 Å². The first-order chi connectivity index (χ1) is 10.1. The number of ether oxygens (including phenoxy) is 1. The minimum absolute atomic E-state index is 0.0434. The predicted octanol–water partition coefficient (Wildman–Crippen LogP) is 3.61. The second kappa shape index (κ2) is 5.77. The van der Waals surface area contributed by atoms with Gasteiger partial charge in [0.05, 0.1) is 12.3 Å². The molecule has 0 atom stereocenters. The molecule has 0 bridgehead atoms. The summed E-state index contributed by atoms with van der Waals surface area (Å²) < 4.78 is 5.77. The number of nitrogens with one attached hydrogen (secondary N) is 1. The van der Waals surface area contributed by atoms with Crippen LogP contribution in [-0.4, -0.2) is 27.9 Å². The van der Waals surface area contributed by atoms with E-state index in [0.717, 1.165) is 5.56 Å². The molecule has 2 aromatic rings. The summed E-state index contributed by atoms with van der Waals surface area (Å²) in [7, 11) is 0. The number of carbonyl (C=O) groups is 1. The third-order valence-electron chi connectivity index (χ3n) is 3.69. The Kier molecular flexibility index (Phi) is 3.84. The third kappa shape index (κ3) is 3.19. The van der Waals surface area contributed by atoms with Gasteiger partial charge in [-0.2, -0.15) is 5.10 Å². The van der Waals surface area contributed by atoms with Gasteiger partial charge in [-0.3, -0.25) is 5.10 Å². The fraction of sp³-hybridized carbons (Fsp3) is 0.333. The lowest BCUT2D eigenvalue weighted by Crippen LogP contribution is -2.19. The first-order valence-corrected chi connectivity index (χ1v) is 7.22. The zero-order chi connectivity index (χ0) is 14.8. The fourth-order valence-corrected chi connectivity index (χ4v) is 2.47. The number of carboxylic acids is 1. The van der Waals surface area contributed by atoms with Gasteiger partial charge in [0.1, 0.15) is 11.4 Å². The van der Waals surface area contributed by atoms with Crippen LogP contribution in [0.3, 0.4) is 0 Å². The summed E-state index contributed by atoms with van der Waals surface area (Å²) in [6, 6.07) is 6.80. The Hall–Kier alpha value is -2.01. The van der Waals surface area contributed by atoms with Crippen LogP contribution >= 0.6 is 11.6 Å². The summed E-state index contributed by atoms with van der Waals surface area (Å²) in [4.78, 5) is 10.9. The van der Waals surface area contributed by atoms with Crippen LogP contribution in [-0.2, 0) is 0 Å². The van der Waals surface area contributed by atoms with Crippen molar-refractivity contribution in [2.45, 2.75) is 19.3 Å². The summed E-state index contributed by atoms with van der Waals surface area (Å²) in [5, 5.41) is 15.9. The lowest BCUT2D eigenvalue weighted by molar-refractivity contribution is 0.0690. The van der Waals surface area contributed by atoms with Crippen molar-refractivity contribution in [3.63, 3.8) is 0 Å². The number of aromatic amines is 1. The molecule has 6 heteroatoms. The van der Waals surface area contributed by atoms with Gasteiger partial charge < -0.3 is 9.84 Å². The molecule has 0 spiro atoms. The molecule has 110 valence electrons. The molecule has 0 unspecified atom stereocenters. The third-order valence-corrected chi connectivity index (χ3v) is 3.90. The Morgan fingerprint density at radius 2 is 2.19 bits per heavy atom. The van der Waals surface area contributed by atoms with E-state index in [4.69, 9.17) is 21.4 Å². The van der Waals surface area contributed by atoms with Crippen molar-refractivity contribution in [1.82, 2.24) is 10.2 Å². The maximum Gasteiger partial charge on any atom is 0.353 e. The van der Waals surface area contributed by atoms with Crippen molar-refractivity contribution in [3.05, 3.63) is 35.0 Å². The molecule has 1 saturated carbocycles. The number of H-pyrrole nitrogens is 1. The lowest BCUT2D eigenvalue weighted by Gasteiger charge is -2.25. The Morgan fingerprint density at radius 3 is 2.81 bits per heavy atom. The molecular formula is C15H15ClN2O3. The minimum atomic E-state index is -1.04. The zero-order valence-electron chi connectivity index (χ0n) is 11.3. The summed E-state index contributed by atoms with van der Waals surface area (Å²) in [6.45, 7) is 0.695. The van der Waals surface area contributed by atoms with Crippen LogP contribution < -0.4 is 4.74 Å². The molecule has 1 aromatic heterocycles. The number of hydrogen-bond acceptors (Lipinski definition) is 3. The molecule has 0 radical (unpaired) electrons. The molecule has 5 nitrogen and oxygen atoms in total. The molecule has 0 amide bonds. The van der Waals surface area contributed by atoms with Crippen LogP contribution in [0.2, 0.25) is 5.02 Å². The van der Waals surface area contributed by atoms with E-state index in [-0.39, 0.29) is 5.69 Å². The topological polar surface area (TPSA) is 75.2 Å². The van der Waals surface area contributed by atoms with Crippen LogP contribution in [0.25, 0.3) is 11.3 Å². The highest BCUT2D eigenvalue weighted by Crippen LogP contribution is 2.30. The van der Waals surface area contributed by atoms with Crippen molar-refractivity contribution in [1.29, 1.82) is 0 Å². The van der Waals surface area contributed by atoms with Crippen LogP contribution in [0, 0.1) is 5.92 Å². The minimum Gasteiger partial charge on any atom is -0.493 e. The van der Waals surface area contributed by atoms with Gasteiger partial charge in [0, 0.05) is 10.6 Å². The summed E-state index contributed by atoms with van der Waals surface area (Å²) >= 11 is 6.10. The Morgan fingerprint density at radius 1 is 1.38 bits per heavy atom. The van der Waals surface area contributed by atoms with Gasteiger partial charge in [0.25, 0.3) is 0 Å². The Bertz CT molecular complexity index is 665. The molecule has 0 saturated heterocycles. The van der Waals surface area contributed by atoms with Crippen molar-refractivity contribution in [2.24, 2.45) is 5.92 Å². The molecule has 0 aliphatic heterocycles. The second-order valence-electron chi connectivity index (χ2n) is 5.26. The van der Waals surface area contributed by atoms with E-state index < -0.39 is 5.97 Å². The van der Waals surface area contributed by atoms with Gasteiger partial charge >= 0.3 is 5.97 Å².